The van der Waals surface area contributed by atoms with Crippen molar-refractivity contribution in [2.45, 2.75) is 56.2 Å². The fraction of sp³-hybridized carbons (Fsp3) is 0.513. The predicted molar refractivity (Wildman–Crippen MR) is 206 cm³/mol. The van der Waals surface area contributed by atoms with E-state index in [1.54, 1.807) is 18.3 Å². The Labute approximate surface area is 319 Å². The zero-order chi connectivity index (χ0) is 38.0. The number of benzene rings is 2. The molecule has 0 unspecified atom stereocenters. The second kappa shape index (κ2) is 21.8. The predicted octanol–water partition coefficient (Wildman–Crippen LogP) is 4.97. The molecule has 15 heteroatoms. The van der Waals surface area contributed by atoms with Gasteiger partial charge in [0.25, 0.3) is 10.1 Å². The molecule has 1 N–H and O–H groups in total. The van der Waals surface area contributed by atoms with Crippen molar-refractivity contribution in [2.24, 2.45) is 0 Å². The van der Waals surface area contributed by atoms with Gasteiger partial charge in [0.1, 0.15) is 5.82 Å². The largest absolute Gasteiger partial charge is 0.377 e. The number of hydrogen-bond acceptors (Lipinski definition) is 13. The van der Waals surface area contributed by atoms with E-state index in [0.717, 1.165) is 48.3 Å². The molecule has 1 saturated carbocycles. The fourth-order valence-electron chi connectivity index (χ4n) is 6.05. The standard InChI is InChI=1S/C39H54N6O8S/c1-31-9-15-35(16-10-31)54(46,47)53-28-26-51-24-22-49-20-19-48-21-23-50-25-27-52-34-13-11-33(12-14-34)42-39-40-18-17-37(43-39)36-29-41-45(38(36)44(2)3)30-32-7-5-4-6-8-32/h4-10,15-18,29,33-34H,11-14,19-28,30H2,1-3H3,(H,40,42,43). The average Bonchev–Trinajstić information content (AvgIpc) is 3.60. The lowest BCUT2D eigenvalue weighted by Gasteiger charge is -2.29. The normalized spacial score (nSPS) is 16.1. The number of ether oxygens (including phenoxy) is 5. The number of nitrogens with one attached hydrogen (secondary N) is 1. The van der Waals surface area contributed by atoms with Gasteiger partial charge in [0, 0.05) is 26.3 Å². The van der Waals surface area contributed by atoms with Crippen LogP contribution in [0.3, 0.4) is 0 Å². The molecule has 2 aromatic heterocycles. The number of aromatic nitrogens is 4. The summed E-state index contributed by atoms with van der Waals surface area (Å²) in [6.45, 7) is 6.27. The first-order valence-electron chi connectivity index (χ1n) is 18.5. The van der Waals surface area contributed by atoms with E-state index in [1.165, 1.54) is 17.7 Å². The molecule has 5 rings (SSSR count). The van der Waals surface area contributed by atoms with Gasteiger partial charge < -0.3 is 33.9 Å². The van der Waals surface area contributed by atoms with E-state index in [-0.39, 0.29) is 30.3 Å². The van der Waals surface area contributed by atoms with Crippen LogP contribution in [-0.4, -0.2) is 120 Å². The van der Waals surface area contributed by atoms with Crippen molar-refractivity contribution in [1.29, 1.82) is 0 Å². The van der Waals surface area contributed by atoms with Crippen molar-refractivity contribution in [2.75, 3.05) is 90.4 Å². The lowest BCUT2D eigenvalue weighted by atomic mass is 9.93. The van der Waals surface area contributed by atoms with Gasteiger partial charge in [-0.3, -0.25) is 4.18 Å². The molecule has 4 aromatic rings. The molecule has 0 bridgehead atoms. The second-order valence-electron chi connectivity index (χ2n) is 13.2. The summed E-state index contributed by atoms with van der Waals surface area (Å²) in [4.78, 5) is 11.6. The van der Waals surface area contributed by atoms with Crippen molar-refractivity contribution in [3.8, 4) is 11.3 Å². The molecule has 294 valence electrons. The van der Waals surface area contributed by atoms with Crippen LogP contribution in [0.5, 0.6) is 0 Å². The van der Waals surface area contributed by atoms with E-state index in [2.05, 4.69) is 32.4 Å². The molecule has 0 spiro atoms. The fourth-order valence-corrected chi connectivity index (χ4v) is 6.94. The van der Waals surface area contributed by atoms with Gasteiger partial charge in [-0.2, -0.15) is 13.5 Å². The molecule has 0 saturated heterocycles. The number of nitrogens with zero attached hydrogens (tertiary/aromatic N) is 5. The van der Waals surface area contributed by atoms with Gasteiger partial charge in [-0.05, 0) is 56.4 Å². The Morgan fingerprint density at radius 3 is 2.02 bits per heavy atom. The van der Waals surface area contributed by atoms with Gasteiger partial charge in [-0.1, -0.05) is 48.0 Å². The lowest BCUT2D eigenvalue weighted by molar-refractivity contribution is -0.0304. The second-order valence-corrected chi connectivity index (χ2v) is 14.8. The molecule has 0 atom stereocenters. The topological polar surface area (TPSA) is 148 Å². The third-order valence-corrected chi connectivity index (χ3v) is 10.1. The van der Waals surface area contributed by atoms with Crippen LogP contribution in [0.2, 0.25) is 0 Å². The van der Waals surface area contributed by atoms with E-state index in [1.807, 2.05) is 56.2 Å². The highest BCUT2D eigenvalue weighted by molar-refractivity contribution is 7.86. The van der Waals surface area contributed by atoms with Crippen LogP contribution in [0.25, 0.3) is 11.3 Å². The molecular formula is C39H54N6O8S. The highest BCUT2D eigenvalue weighted by atomic mass is 32.2. The zero-order valence-corrected chi connectivity index (χ0v) is 32.4. The van der Waals surface area contributed by atoms with Crippen LogP contribution in [0.15, 0.2) is 78.0 Å². The van der Waals surface area contributed by atoms with Crippen LogP contribution >= 0.6 is 0 Å². The monoisotopic (exact) mass is 766 g/mol. The first-order chi connectivity index (χ1) is 26.3. The van der Waals surface area contributed by atoms with Gasteiger partial charge in [-0.25, -0.2) is 14.6 Å². The minimum Gasteiger partial charge on any atom is -0.377 e. The SMILES string of the molecule is Cc1ccc(S(=O)(=O)OCCOCCOCCOCCOCCOC2CCC(Nc3nccc(-c4cnn(Cc5ccccc5)c4N(C)C)n3)CC2)cc1. The van der Waals surface area contributed by atoms with Gasteiger partial charge in [0.15, 0.2) is 0 Å². The third kappa shape index (κ3) is 13.4. The Balaban J connectivity index is 0.859. The van der Waals surface area contributed by atoms with Crippen LogP contribution in [0.4, 0.5) is 11.8 Å². The summed E-state index contributed by atoms with van der Waals surface area (Å²) in [7, 11) is 0.271. The van der Waals surface area contributed by atoms with Crippen molar-refractivity contribution in [1.82, 2.24) is 19.7 Å². The lowest BCUT2D eigenvalue weighted by Crippen LogP contribution is -2.31. The highest BCUT2D eigenvalue weighted by Crippen LogP contribution is 2.30. The Morgan fingerprint density at radius 1 is 0.778 bits per heavy atom. The molecule has 2 heterocycles. The van der Waals surface area contributed by atoms with E-state index in [0.29, 0.717) is 65.3 Å². The molecule has 0 radical (unpaired) electrons. The number of hydrogen-bond donors (Lipinski definition) is 1. The van der Waals surface area contributed by atoms with Gasteiger partial charge >= 0.3 is 0 Å². The minimum absolute atomic E-state index is 0.0569. The maximum Gasteiger partial charge on any atom is 0.297 e. The number of aryl methyl sites for hydroxylation is 1. The molecule has 54 heavy (non-hydrogen) atoms. The first kappa shape index (κ1) is 41.2. The number of rotatable bonds is 24. The van der Waals surface area contributed by atoms with E-state index < -0.39 is 10.1 Å². The molecule has 0 aliphatic heterocycles. The van der Waals surface area contributed by atoms with Crippen molar-refractivity contribution < 1.29 is 36.3 Å². The van der Waals surface area contributed by atoms with Crippen molar-refractivity contribution >= 4 is 21.9 Å². The van der Waals surface area contributed by atoms with Crippen molar-refractivity contribution in [3.05, 3.63) is 84.2 Å². The highest BCUT2D eigenvalue weighted by Gasteiger charge is 2.23. The Bertz CT molecular complexity index is 1770. The maximum atomic E-state index is 12.1. The van der Waals surface area contributed by atoms with Gasteiger partial charge in [0.2, 0.25) is 5.95 Å². The summed E-state index contributed by atoms with van der Waals surface area (Å²) in [5.41, 5.74) is 3.97. The van der Waals surface area contributed by atoms with Gasteiger partial charge in [-0.15, -0.1) is 0 Å². The summed E-state index contributed by atoms with van der Waals surface area (Å²) >= 11 is 0. The van der Waals surface area contributed by atoms with Crippen molar-refractivity contribution in [3.63, 3.8) is 0 Å². The van der Waals surface area contributed by atoms with Crippen LogP contribution in [0.1, 0.15) is 36.8 Å². The third-order valence-electron chi connectivity index (χ3n) is 8.82. The molecule has 14 nitrogen and oxygen atoms in total. The Morgan fingerprint density at radius 2 is 1.39 bits per heavy atom. The molecule has 2 aromatic carbocycles. The van der Waals surface area contributed by atoms with E-state index >= 15 is 0 Å². The maximum absolute atomic E-state index is 12.1. The molecule has 1 aliphatic rings. The van der Waals surface area contributed by atoms with Gasteiger partial charge in [0.05, 0.1) is 101 Å². The quantitative estimate of drug-likeness (QED) is 0.0757. The van der Waals surface area contributed by atoms with Crippen LogP contribution in [0, 0.1) is 6.92 Å². The minimum atomic E-state index is -3.78. The Hall–Kier alpha value is -3.96. The summed E-state index contributed by atoms with van der Waals surface area (Å²) in [6.07, 6.45) is 7.79. The molecule has 1 aliphatic carbocycles. The van der Waals surface area contributed by atoms with Crippen LogP contribution in [-0.2, 0) is 44.5 Å². The summed E-state index contributed by atoms with van der Waals surface area (Å²) in [6, 6.07) is 19.0. The van der Waals surface area contributed by atoms with E-state index in [9.17, 15) is 8.42 Å². The van der Waals surface area contributed by atoms with Crippen LogP contribution < -0.4 is 10.2 Å². The summed E-state index contributed by atoms with van der Waals surface area (Å²) < 4.78 is 59.5. The summed E-state index contributed by atoms with van der Waals surface area (Å²) in [5.74, 6) is 1.62. The smallest absolute Gasteiger partial charge is 0.297 e. The zero-order valence-electron chi connectivity index (χ0n) is 31.6. The molecule has 0 amide bonds. The average molecular weight is 767 g/mol. The molecular weight excluding hydrogens is 713 g/mol. The number of anilines is 2. The first-order valence-corrected chi connectivity index (χ1v) is 19.9. The summed E-state index contributed by atoms with van der Waals surface area (Å²) in [5, 5.41) is 8.23. The molecule has 1 fully saturated rings. The van der Waals surface area contributed by atoms with E-state index in [4.69, 9.17) is 32.9 Å². The Kier molecular flexibility index (Phi) is 16.6.